The molecule has 0 fully saturated rings. The van der Waals surface area contributed by atoms with Crippen molar-refractivity contribution in [1.29, 1.82) is 0 Å². The number of nitrogens with zero attached hydrogens (tertiary/aromatic N) is 1. The van der Waals surface area contributed by atoms with Gasteiger partial charge in [-0.2, -0.15) is 0 Å². The third kappa shape index (κ3) is 4.28. The van der Waals surface area contributed by atoms with Gasteiger partial charge in [0.25, 0.3) is 0 Å². The highest BCUT2D eigenvalue weighted by Crippen LogP contribution is 2.08. The highest BCUT2D eigenvalue weighted by molar-refractivity contribution is 5.96. The summed E-state index contributed by atoms with van der Waals surface area (Å²) in [4.78, 5) is 14.1. The van der Waals surface area contributed by atoms with Gasteiger partial charge in [-0.05, 0) is 24.7 Å². The van der Waals surface area contributed by atoms with Gasteiger partial charge in [0.15, 0.2) is 5.78 Å². The average Bonchev–Trinajstić information content (AvgIpc) is 2.46. The second-order valence-corrected chi connectivity index (χ2v) is 4.91. The van der Waals surface area contributed by atoms with E-state index >= 15 is 0 Å². The van der Waals surface area contributed by atoms with Gasteiger partial charge in [-0.1, -0.05) is 42.5 Å². The van der Waals surface area contributed by atoms with Crippen LogP contribution < -0.4 is 0 Å². The van der Waals surface area contributed by atoms with Crippen molar-refractivity contribution in [3.8, 4) is 0 Å². The summed E-state index contributed by atoms with van der Waals surface area (Å²) in [5, 5.41) is 0. The van der Waals surface area contributed by atoms with E-state index in [2.05, 4.69) is 17.0 Å². The van der Waals surface area contributed by atoms with Crippen LogP contribution in [0.2, 0.25) is 0 Å². The molecule has 3 heteroatoms. The maximum Gasteiger partial charge on any atom is 0.164 e. The number of carbonyl (C=O) groups excluding carboxylic acids is 1. The first-order chi connectivity index (χ1) is 9.65. The van der Waals surface area contributed by atoms with Crippen LogP contribution in [-0.4, -0.2) is 24.3 Å². The molecule has 2 nitrogen and oxygen atoms in total. The van der Waals surface area contributed by atoms with Crippen LogP contribution in [0.25, 0.3) is 0 Å². The largest absolute Gasteiger partial charge is 0.302 e. The minimum atomic E-state index is -0.367. The van der Waals surface area contributed by atoms with E-state index in [9.17, 15) is 9.18 Å². The molecular weight excluding hydrogens is 253 g/mol. The van der Waals surface area contributed by atoms with E-state index in [1.807, 2.05) is 25.2 Å². The Bertz CT molecular complexity index is 568. The van der Waals surface area contributed by atoms with Crippen molar-refractivity contribution in [3.63, 3.8) is 0 Å². The summed E-state index contributed by atoms with van der Waals surface area (Å²) >= 11 is 0. The average molecular weight is 271 g/mol. The van der Waals surface area contributed by atoms with Gasteiger partial charge < -0.3 is 4.90 Å². The molecule has 0 aliphatic heterocycles. The molecule has 0 radical (unpaired) electrons. The normalized spacial score (nSPS) is 10.8. The third-order valence-corrected chi connectivity index (χ3v) is 3.16. The molecule has 0 atom stereocenters. The lowest BCUT2D eigenvalue weighted by Gasteiger charge is -2.16. The lowest BCUT2D eigenvalue weighted by molar-refractivity contribution is 0.0967. The topological polar surface area (TPSA) is 20.3 Å². The van der Waals surface area contributed by atoms with E-state index in [1.165, 1.54) is 17.7 Å². The SMILES string of the molecule is CN(CCC(=O)c1cccc(F)c1)Cc1ccccc1. The van der Waals surface area contributed by atoms with Crippen molar-refractivity contribution >= 4 is 5.78 Å². The van der Waals surface area contributed by atoms with E-state index in [-0.39, 0.29) is 11.6 Å². The molecule has 2 rings (SSSR count). The molecule has 104 valence electrons. The Labute approximate surface area is 118 Å². The zero-order valence-electron chi connectivity index (χ0n) is 11.6. The monoisotopic (exact) mass is 271 g/mol. The van der Waals surface area contributed by atoms with Crippen LogP contribution in [0.1, 0.15) is 22.3 Å². The number of rotatable bonds is 6. The minimum absolute atomic E-state index is 0.0237. The van der Waals surface area contributed by atoms with Crippen LogP contribution in [0, 0.1) is 5.82 Å². The van der Waals surface area contributed by atoms with Crippen LogP contribution in [0.15, 0.2) is 54.6 Å². The van der Waals surface area contributed by atoms with Gasteiger partial charge in [0.05, 0.1) is 0 Å². The highest BCUT2D eigenvalue weighted by Gasteiger charge is 2.08. The molecule has 0 spiro atoms. The molecule has 0 aliphatic carbocycles. The molecule has 0 N–H and O–H groups in total. The van der Waals surface area contributed by atoms with Gasteiger partial charge in [0, 0.05) is 25.1 Å². The van der Waals surface area contributed by atoms with Crippen LogP contribution in [-0.2, 0) is 6.54 Å². The first kappa shape index (κ1) is 14.4. The molecule has 0 bridgehead atoms. The molecule has 0 amide bonds. The van der Waals surface area contributed by atoms with Gasteiger partial charge in [0.2, 0.25) is 0 Å². The molecule has 0 unspecified atom stereocenters. The van der Waals surface area contributed by atoms with Crippen LogP contribution in [0.5, 0.6) is 0 Å². The third-order valence-electron chi connectivity index (χ3n) is 3.16. The molecule has 2 aromatic carbocycles. The standard InChI is InChI=1S/C17H18FNO/c1-19(13-14-6-3-2-4-7-14)11-10-17(20)15-8-5-9-16(18)12-15/h2-9,12H,10-11,13H2,1H3. The van der Waals surface area contributed by atoms with Crippen LogP contribution in [0.4, 0.5) is 4.39 Å². The molecule has 0 saturated carbocycles. The minimum Gasteiger partial charge on any atom is -0.302 e. The van der Waals surface area contributed by atoms with Crippen molar-refractivity contribution in [2.45, 2.75) is 13.0 Å². The lowest BCUT2D eigenvalue weighted by atomic mass is 10.1. The van der Waals surface area contributed by atoms with Gasteiger partial charge in [-0.3, -0.25) is 4.79 Å². The number of hydrogen-bond donors (Lipinski definition) is 0. The Morgan fingerprint density at radius 1 is 1.10 bits per heavy atom. The number of hydrogen-bond acceptors (Lipinski definition) is 2. The van der Waals surface area contributed by atoms with Crippen LogP contribution >= 0.6 is 0 Å². The number of carbonyl (C=O) groups is 1. The molecular formula is C17H18FNO. The summed E-state index contributed by atoms with van der Waals surface area (Å²) in [6.07, 6.45) is 0.396. The second-order valence-electron chi connectivity index (χ2n) is 4.91. The van der Waals surface area contributed by atoms with E-state index in [0.29, 0.717) is 18.5 Å². The molecule has 0 aromatic heterocycles. The summed E-state index contributed by atoms with van der Waals surface area (Å²) in [5.41, 5.74) is 1.66. The van der Waals surface area contributed by atoms with Gasteiger partial charge in [0.1, 0.15) is 5.82 Å². The molecule has 0 aliphatic rings. The molecule has 20 heavy (non-hydrogen) atoms. The van der Waals surface area contributed by atoms with Crippen LogP contribution in [0.3, 0.4) is 0 Å². The number of Topliss-reactive ketones (excluding diaryl/α,β-unsaturated/α-hetero) is 1. The maximum atomic E-state index is 13.1. The Morgan fingerprint density at radius 3 is 2.55 bits per heavy atom. The smallest absolute Gasteiger partial charge is 0.164 e. The van der Waals surface area contributed by atoms with Gasteiger partial charge in [-0.25, -0.2) is 4.39 Å². The fraction of sp³-hybridized carbons (Fsp3) is 0.235. The Kier molecular flexibility index (Phi) is 5.02. The fourth-order valence-corrected chi connectivity index (χ4v) is 2.07. The fourth-order valence-electron chi connectivity index (χ4n) is 2.07. The summed E-state index contributed by atoms with van der Waals surface area (Å²) in [5.74, 6) is -0.391. The first-order valence-electron chi connectivity index (χ1n) is 6.66. The maximum absolute atomic E-state index is 13.1. The summed E-state index contributed by atoms with van der Waals surface area (Å²) in [6.45, 7) is 1.46. The zero-order chi connectivity index (χ0) is 14.4. The summed E-state index contributed by atoms with van der Waals surface area (Å²) in [6, 6.07) is 16.0. The van der Waals surface area contributed by atoms with Gasteiger partial charge in [-0.15, -0.1) is 0 Å². The number of halogens is 1. The predicted molar refractivity (Wildman–Crippen MR) is 78.1 cm³/mol. The van der Waals surface area contributed by atoms with E-state index in [0.717, 1.165) is 6.54 Å². The van der Waals surface area contributed by atoms with Crippen molar-refractivity contribution in [2.24, 2.45) is 0 Å². The summed E-state index contributed by atoms with van der Waals surface area (Å²) < 4.78 is 13.1. The van der Waals surface area contributed by atoms with E-state index in [4.69, 9.17) is 0 Å². The van der Waals surface area contributed by atoms with E-state index < -0.39 is 0 Å². The number of benzene rings is 2. The van der Waals surface area contributed by atoms with Crippen molar-refractivity contribution < 1.29 is 9.18 Å². The lowest BCUT2D eigenvalue weighted by Crippen LogP contribution is -2.21. The molecule has 0 saturated heterocycles. The Hall–Kier alpha value is -2.00. The highest BCUT2D eigenvalue weighted by atomic mass is 19.1. The first-order valence-corrected chi connectivity index (χ1v) is 6.66. The molecule has 0 heterocycles. The summed E-state index contributed by atoms with van der Waals surface area (Å²) in [7, 11) is 1.98. The Morgan fingerprint density at radius 2 is 1.85 bits per heavy atom. The number of ketones is 1. The molecule has 2 aromatic rings. The predicted octanol–water partition coefficient (Wildman–Crippen LogP) is 3.53. The van der Waals surface area contributed by atoms with E-state index in [1.54, 1.807) is 12.1 Å². The quantitative estimate of drug-likeness (QED) is 0.749. The van der Waals surface area contributed by atoms with Crippen molar-refractivity contribution in [1.82, 2.24) is 4.90 Å². The second kappa shape index (κ2) is 6.96. The van der Waals surface area contributed by atoms with Crippen molar-refractivity contribution in [3.05, 3.63) is 71.5 Å². The van der Waals surface area contributed by atoms with Gasteiger partial charge >= 0.3 is 0 Å². The van der Waals surface area contributed by atoms with Crippen molar-refractivity contribution in [2.75, 3.05) is 13.6 Å². The Balaban J connectivity index is 1.84. The zero-order valence-corrected chi connectivity index (χ0v) is 11.6.